The molecule has 0 radical (unpaired) electrons. The predicted octanol–water partition coefficient (Wildman–Crippen LogP) is 3.90. The largest absolute Gasteiger partial charge is 0.481 e. The zero-order valence-corrected chi connectivity index (χ0v) is 14.2. The zero-order valence-electron chi connectivity index (χ0n) is 13.4. The number of hydrogen-bond acceptors (Lipinski definition) is 3. The SMILES string of the molecule is CC(=O)c1cc(Cl)cc2c1OCC(=O)N2CCCc1ccccc1. The van der Waals surface area contributed by atoms with Gasteiger partial charge < -0.3 is 9.64 Å². The summed E-state index contributed by atoms with van der Waals surface area (Å²) in [5.41, 5.74) is 2.23. The highest BCUT2D eigenvalue weighted by atomic mass is 35.5. The predicted molar refractivity (Wildman–Crippen MR) is 94.1 cm³/mol. The lowest BCUT2D eigenvalue weighted by molar-refractivity contribution is -0.121. The van der Waals surface area contributed by atoms with Crippen LogP contribution in [-0.2, 0) is 11.2 Å². The van der Waals surface area contributed by atoms with Gasteiger partial charge in [-0.25, -0.2) is 0 Å². The Morgan fingerprint density at radius 2 is 2.00 bits per heavy atom. The van der Waals surface area contributed by atoms with Crippen LogP contribution in [-0.4, -0.2) is 24.8 Å². The number of fused-ring (bicyclic) bond motifs is 1. The summed E-state index contributed by atoms with van der Waals surface area (Å²) in [6.45, 7) is 1.97. The fraction of sp³-hybridized carbons (Fsp3) is 0.263. The second-order valence-electron chi connectivity index (χ2n) is 5.78. The molecule has 0 N–H and O–H groups in total. The molecule has 1 amide bonds. The Bertz CT molecular complexity index is 774. The molecule has 124 valence electrons. The van der Waals surface area contributed by atoms with Crippen molar-refractivity contribution in [1.82, 2.24) is 0 Å². The molecule has 0 saturated heterocycles. The number of ether oxygens (including phenoxy) is 1. The van der Waals surface area contributed by atoms with Crippen molar-refractivity contribution in [3.8, 4) is 5.75 Å². The Morgan fingerprint density at radius 3 is 2.71 bits per heavy atom. The second-order valence-corrected chi connectivity index (χ2v) is 6.22. The summed E-state index contributed by atoms with van der Waals surface area (Å²) < 4.78 is 5.51. The molecule has 0 fully saturated rings. The van der Waals surface area contributed by atoms with Crippen LogP contribution in [0.15, 0.2) is 42.5 Å². The van der Waals surface area contributed by atoms with Crippen molar-refractivity contribution >= 4 is 29.0 Å². The van der Waals surface area contributed by atoms with Gasteiger partial charge in [-0.1, -0.05) is 41.9 Å². The third-order valence-electron chi connectivity index (χ3n) is 4.04. The maximum atomic E-state index is 12.3. The number of anilines is 1. The van der Waals surface area contributed by atoms with Crippen molar-refractivity contribution in [2.45, 2.75) is 19.8 Å². The van der Waals surface area contributed by atoms with Gasteiger partial charge in [0.1, 0.15) is 0 Å². The molecule has 1 heterocycles. The minimum absolute atomic E-state index is 0.0553. The number of ketones is 1. The van der Waals surface area contributed by atoms with Gasteiger partial charge in [0, 0.05) is 11.6 Å². The van der Waals surface area contributed by atoms with Gasteiger partial charge in [0.15, 0.2) is 18.1 Å². The minimum atomic E-state index is -0.132. The van der Waals surface area contributed by atoms with Crippen molar-refractivity contribution in [3.05, 3.63) is 58.6 Å². The van der Waals surface area contributed by atoms with Gasteiger partial charge in [-0.3, -0.25) is 9.59 Å². The molecule has 4 nitrogen and oxygen atoms in total. The van der Waals surface area contributed by atoms with Crippen molar-refractivity contribution in [1.29, 1.82) is 0 Å². The molecule has 2 aromatic carbocycles. The van der Waals surface area contributed by atoms with Crippen LogP contribution in [0.25, 0.3) is 0 Å². The summed E-state index contributed by atoms with van der Waals surface area (Å²) in [4.78, 5) is 25.7. The van der Waals surface area contributed by atoms with Crippen LogP contribution in [0.2, 0.25) is 5.02 Å². The molecule has 24 heavy (non-hydrogen) atoms. The Morgan fingerprint density at radius 1 is 1.25 bits per heavy atom. The molecule has 3 rings (SSSR count). The summed E-state index contributed by atoms with van der Waals surface area (Å²) in [6, 6.07) is 13.4. The van der Waals surface area contributed by atoms with Gasteiger partial charge in [0.2, 0.25) is 0 Å². The van der Waals surface area contributed by atoms with E-state index in [4.69, 9.17) is 16.3 Å². The number of carbonyl (C=O) groups excluding carboxylic acids is 2. The topological polar surface area (TPSA) is 46.6 Å². The van der Waals surface area contributed by atoms with Crippen LogP contribution in [0.1, 0.15) is 29.3 Å². The van der Waals surface area contributed by atoms with Gasteiger partial charge in [-0.05, 0) is 37.5 Å². The van der Waals surface area contributed by atoms with E-state index in [1.165, 1.54) is 12.5 Å². The van der Waals surface area contributed by atoms with Crippen molar-refractivity contribution in [3.63, 3.8) is 0 Å². The zero-order chi connectivity index (χ0) is 17.1. The molecule has 0 spiro atoms. The molecule has 5 heteroatoms. The third-order valence-corrected chi connectivity index (χ3v) is 4.25. The van der Waals surface area contributed by atoms with E-state index in [2.05, 4.69) is 12.1 Å². The summed E-state index contributed by atoms with van der Waals surface area (Å²) in [5, 5.41) is 0.422. The van der Waals surface area contributed by atoms with E-state index in [1.54, 1.807) is 17.0 Å². The summed E-state index contributed by atoms with van der Waals surface area (Å²) in [6.07, 6.45) is 1.69. The van der Waals surface area contributed by atoms with Crippen LogP contribution < -0.4 is 9.64 Å². The van der Waals surface area contributed by atoms with Crippen LogP contribution in [0, 0.1) is 0 Å². The number of nitrogens with zero attached hydrogens (tertiary/aromatic N) is 1. The standard InChI is InChI=1S/C19H18ClNO3/c1-13(22)16-10-15(20)11-17-19(16)24-12-18(23)21(17)9-5-8-14-6-3-2-4-7-14/h2-4,6-7,10-11H,5,8-9,12H2,1H3. The normalized spacial score (nSPS) is 13.4. The number of halogens is 1. The smallest absolute Gasteiger partial charge is 0.265 e. The molecule has 0 bridgehead atoms. The molecule has 1 aliphatic rings. The third kappa shape index (κ3) is 3.44. The first-order valence-electron chi connectivity index (χ1n) is 7.88. The van der Waals surface area contributed by atoms with Gasteiger partial charge >= 0.3 is 0 Å². The van der Waals surface area contributed by atoms with Crippen molar-refractivity contribution in [2.24, 2.45) is 0 Å². The highest BCUT2D eigenvalue weighted by Crippen LogP contribution is 2.38. The highest BCUT2D eigenvalue weighted by molar-refractivity contribution is 6.31. The van der Waals surface area contributed by atoms with E-state index in [1.807, 2.05) is 18.2 Å². The van der Waals surface area contributed by atoms with E-state index in [0.29, 0.717) is 28.6 Å². The minimum Gasteiger partial charge on any atom is -0.481 e. The number of aryl methyl sites for hydroxylation is 1. The Hall–Kier alpha value is -2.33. The first-order chi connectivity index (χ1) is 11.6. The number of rotatable bonds is 5. The number of amides is 1. The first kappa shape index (κ1) is 16.5. The first-order valence-corrected chi connectivity index (χ1v) is 8.25. The molecular formula is C19H18ClNO3. The quantitative estimate of drug-likeness (QED) is 0.773. The van der Waals surface area contributed by atoms with Gasteiger partial charge in [-0.2, -0.15) is 0 Å². The van der Waals surface area contributed by atoms with Crippen LogP contribution in [0.4, 0.5) is 5.69 Å². The van der Waals surface area contributed by atoms with Gasteiger partial charge in [0.25, 0.3) is 5.91 Å². The molecule has 2 aromatic rings. The molecule has 0 atom stereocenters. The lowest BCUT2D eigenvalue weighted by Gasteiger charge is -2.30. The number of Topliss-reactive ketones (excluding diaryl/α,β-unsaturated/α-hetero) is 1. The lowest BCUT2D eigenvalue weighted by atomic mass is 10.1. The molecule has 0 unspecified atom stereocenters. The fourth-order valence-corrected chi connectivity index (χ4v) is 3.08. The molecule has 0 aromatic heterocycles. The molecule has 0 saturated carbocycles. The van der Waals surface area contributed by atoms with E-state index < -0.39 is 0 Å². The van der Waals surface area contributed by atoms with Crippen molar-refractivity contribution in [2.75, 3.05) is 18.1 Å². The fourth-order valence-electron chi connectivity index (χ4n) is 2.87. The highest BCUT2D eigenvalue weighted by Gasteiger charge is 2.28. The Labute approximate surface area is 146 Å². The van der Waals surface area contributed by atoms with Crippen LogP contribution >= 0.6 is 11.6 Å². The summed E-state index contributed by atoms with van der Waals surface area (Å²) in [7, 11) is 0. The average Bonchev–Trinajstić information content (AvgIpc) is 2.57. The molecular weight excluding hydrogens is 326 g/mol. The summed E-state index contributed by atoms with van der Waals surface area (Å²) >= 11 is 6.12. The Kier molecular flexibility index (Phi) is 4.86. The maximum Gasteiger partial charge on any atom is 0.265 e. The number of carbonyl (C=O) groups is 2. The molecule has 1 aliphatic heterocycles. The van der Waals surface area contributed by atoms with Crippen LogP contribution in [0.3, 0.4) is 0 Å². The van der Waals surface area contributed by atoms with Crippen molar-refractivity contribution < 1.29 is 14.3 Å². The monoisotopic (exact) mass is 343 g/mol. The van der Waals surface area contributed by atoms with E-state index in [-0.39, 0.29) is 18.3 Å². The van der Waals surface area contributed by atoms with Gasteiger partial charge in [0.05, 0.1) is 11.3 Å². The Balaban J connectivity index is 1.82. The second kappa shape index (κ2) is 7.05. The summed E-state index contributed by atoms with van der Waals surface area (Å²) in [5.74, 6) is 0.200. The van der Waals surface area contributed by atoms with E-state index >= 15 is 0 Å². The lowest BCUT2D eigenvalue weighted by Crippen LogP contribution is -2.40. The van der Waals surface area contributed by atoms with E-state index in [0.717, 1.165) is 12.8 Å². The van der Waals surface area contributed by atoms with E-state index in [9.17, 15) is 9.59 Å². The maximum absolute atomic E-state index is 12.3. The van der Waals surface area contributed by atoms with Gasteiger partial charge in [-0.15, -0.1) is 0 Å². The molecule has 0 aliphatic carbocycles. The number of benzene rings is 2. The number of hydrogen-bond donors (Lipinski definition) is 0. The average molecular weight is 344 g/mol. The van der Waals surface area contributed by atoms with Crippen LogP contribution in [0.5, 0.6) is 5.75 Å².